The molecule has 0 bridgehead atoms. The fourth-order valence-corrected chi connectivity index (χ4v) is 3.43. The SMILES string of the molecule is COc1ccc(COc2c(C)n(C(C)c3nc(=S)s[nH]3)ccc2=O)cc1. The van der Waals surface area contributed by atoms with Crippen molar-refractivity contribution < 1.29 is 9.47 Å². The van der Waals surface area contributed by atoms with Crippen LogP contribution in [-0.4, -0.2) is 21.0 Å². The smallest absolute Gasteiger partial charge is 0.223 e. The standard InChI is InChI=1S/C18H19N3O3S2/c1-11-16(24-10-13-4-6-14(23-3)7-5-13)15(22)8-9-21(11)12(2)17-19-18(25)26-20-17/h4-9,12H,10H2,1-3H3,(H,19,20,25). The first kappa shape index (κ1) is 18.3. The Bertz CT molecular complexity index is 1010. The van der Waals surface area contributed by atoms with Crippen molar-refractivity contribution in [3.8, 4) is 11.5 Å². The van der Waals surface area contributed by atoms with Crippen LogP contribution in [0.3, 0.4) is 0 Å². The Morgan fingerprint density at radius 2 is 2.04 bits per heavy atom. The average molecular weight is 390 g/mol. The third kappa shape index (κ3) is 3.86. The van der Waals surface area contributed by atoms with Gasteiger partial charge in [0, 0.05) is 12.3 Å². The molecule has 1 atom stereocenters. The summed E-state index contributed by atoms with van der Waals surface area (Å²) < 4.78 is 16.6. The zero-order chi connectivity index (χ0) is 18.7. The van der Waals surface area contributed by atoms with E-state index in [2.05, 4.69) is 9.36 Å². The van der Waals surface area contributed by atoms with Gasteiger partial charge < -0.3 is 14.0 Å². The van der Waals surface area contributed by atoms with E-state index in [4.69, 9.17) is 21.7 Å². The van der Waals surface area contributed by atoms with Crippen molar-refractivity contribution in [3.63, 3.8) is 0 Å². The van der Waals surface area contributed by atoms with Gasteiger partial charge in [0.2, 0.25) is 5.43 Å². The molecule has 1 unspecified atom stereocenters. The minimum atomic E-state index is -0.148. The molecule has 1 aromatic carbocycles. The van der Waals surface area contributed by atoms with E-state index in [1.54, 1.807) is 13.3 Å². The molecular weight excluding hydrogens is 370 g/mol. The number of rotatable bonds is 6. The molecule has 0 saturated carbocycles. The van der Waals surface area contributed by atoms with E-state index in [-0.39, 0.29) is 11.5 Å². The first-order chi connectivity index (χ1) is 12.5. The average Bonchev–Trinajstić information content (AvgIpc) is 3.08. The molecule has 0 aliphatic rings. The summed E-state index contributed by atoms with van der Waals surface area (Å²) >= 11 is 6.39. The van der Waals surface area contributed by atoms with E-state index in [1.165, 1.54) is 17.6 Å². The number of benzene rings is 1. The van der Waals surface area contributed by atoms with Crippen LogP contribution in [0.2, 0.25) is 0 Å². The largest absolute Gasteiger partial charge is 0.497 e. The molecule has 3 aromatic rings. The van der Waals surface area contributed by atoms with Gasteiger partial charge in [-0.25, -0.2) is 4.98 Å². The Hall–Kier alpha value is -2.45. The lowest BCUT2D eigenvalue weighted by Crippen LogP contribution is -2.18. The van der Waals surface area contributed by atoms with Crippen LogP contribution in [0.15, 0.2) is 41.3 Å². The van der Waals surface area contributed by atoms with Crippen molar-refractivity contribution in [2.45, 2.75) is 26.5 Å². The Labute approximate surface area is 160 Å². The number of nitrogens with zero attached hydrogens (tertiary/aromatic N) is 2. The molecule has 0 radical (unpaired) electrons. The fraction of sp³-hybridized carbons (Fsp3) is 0.278. The predicted molar refractivity (Wildman–Crippen MR) is 104 cm³/mol. The molecule has 1 N–H and O–H groups in total. The molecule has 0 aliphatic heterocycles. The third-order valence-electron chi connectivity index (χ3n) is 4.14. The van der Waals surface area contributed by atoms with Gasteiger partial charge in [-0.2, -0.15) is 0 Å². The molecule has 0 amide bonds. The van der Waals surface area contributed by atoms with E-state index >= 15 is 0 Å². The summed E-state index contributed by atoms with van der Waals surface area (Å²) in [5.41, 5.74) is 1.55. The van der Waals surface area contributed by atoms with Crippen LogP contribution in [0.1, 0.15) is 30.0 Å². The lowest BCUT2D eigenvalue weighted by atomic mass is 10.2. The minimum absolute atomic E-state index is 0.0908. The van der Waals surface area contributed by atoms with Crippen LogP contribution in [0.4, 0.5) is 0 Å². The molecule has 0 spiro atoms. The van der Waals surface area contributed by atoms with E-state index in [0.717, 1.165) is 22.8 Å². The number of hydrogen-bond donors (Lipinski definition) is 1. The molecule has 2 aromatic heterocycles. The Morgan fingerprint density at radius 3 is 2.65 bits per heavy atom. The third-order valence-corrected chi connectivity index (χ3v) is 5.05. The molecule has 0 saturated heterocycles. The molecule has 3 rings (SSSR count). The van der Waals surface area contributed by atoms with Gasteiger partial charge in [-0.05, 0) is 55.3 Å². The lowest BCUT2D eigenvalue weighted by molar-refractivity contribution is 0.296. The molecular formula is C18H19N3O3S2. The van der Waals surface area contributed by atoms with Crippen LogP contribution >= 0.6 is 23.8 Å². The summed E-state index contributed by atoms with van der Waals surface area (Å²) in [5.74, 6) is 1.87. The molecule has 0 aliphatic carbocycles. The zero-order valence-corrected chi connectivity index (χ0v) is 16.3. The van der Waals surface area contributed by atoms with Crippen molar-refractivity contribution in [2.75, 3.05) is 7.11 Å². The molecule has 2 heterocycles. The molecule has 6 nitrogen and oxygen atoms in total. The van der Waals surface area contributed by atoms with Crippen molar-refractivity contribution in [2.24, 2.45) is 0 Å². The lowest BCUT2D eigenvalue weighted by Gasteiger charge is -2.19. The highest BCUT2D eigenvalue weighted by atomic mass is 32.2. The Kier molecular flexibility index (Phi) is 5.53. The second-order valence-corrected chi connectivity index (χ2v) is 7.22. The van der Waals surface area contributed by atoms with Crippen LogP contribution in [0.5, 0.6) is 11.5 Å². The topological polar surface area (TPSA) is 69.1 Å². The highest BCUT2D eigenvalue weighted by molar-refractivity contribution is 7.73. The summed E-state index contributed by atoms with van der Waals surface area (Å²) in [6.07, 6.45) is 1.75. The van der Waals surface area contributed by atoms with Gasteiger partial charge in [-0.3, -0.25) is 9.17 Å². The number of aromatic nitrogens is 3. The zero-order valence-electron chi connectivity index (χ0n) is 14.7. The summed E-state index contributed by atoms with van der Waals surface area (Å²) in [6, 6.07) is 8.96. The second-order valence-electron chi connectivity index (χ2n) is 5.78. The van der Waals surface area contributed by atoms with Gasteiger partial charge in [-0.1, -0.05) is 12.1 Å². The maximum absolute atomic E-state index is 12.3. The van der Waals surface area contributed by atoms with E-state index < -0.39 is 0 Å². The first-order valence-electron chi connectivity index (χ1n) is 8.02. The van der Waals surface area contributed by atoms with Gasteiger partial charge >= 0.3 is 0 Å². The van der Waals surface area contributed by atoms with Crippen LogP contribution in [-0.2, 0) is 6.61 Å². The van der Waals surface area contributed by atoms with Crippen LogP contribution < -0.4 is 14.9 Å². The van der Waals surface area contributed by atoms with Crippen LogP contribution in [0.25, 0.3) is 0 Å². The van der Waals surface area contributed by atoms with Gasteiger partial charge in [0.1, 0.15) is 18.2 Å². The number of methoxy groups -OCH3 is 1. The molecule has 8 heteroatoms. The molecule has 0 fully saturated rings. The molecule has 136 valence electrons. The maximum Gasteiger partial charge on any atom is 0.223 e. The van der Waals surface area contributed by atoms with Gasteiger partial charge in [0.25, 0.3) is 0 Å². The maximum atomic E-state index is 12.3. The molecule has 26 heavy (non-hydrogen) atoms. The number of hydrogen-bond acceptors (Lipinski definition) is 6. The van der Waals surface area contributed by atoms with Gasteiger partial charge in [-0.15, -0.1) is 0 Å². The highest BCUT2D eigenvalue weighted by Gasteiger charge is 2.16. The van der Waals surface area contributed by atoms with Crippen molar-refractivity contribution in [1.82, 2.24) is 13.9 Å². The van der Waals surface area contributed by atoms with E-state index in [1.807, 2.05) is 42.7 Å². The van der Waals surface area contributed by atoms with Crippen molar-refractivity contribution in [1.29, 1.82) is 0 Å². The predicted octanol–water partition coefficient (Wildman–Crippen LogP) is 3.87. The summed E-state index contributed by atoms with van der Waals surface area (Å²) in [7, 11) is 1.62. The number of ether oxygens (including phenoxy) is 2. The summed E-state index contributed by atoms with van der Waals surface area (Å²) in [6.45, 7) is 4.16. The van der Waals surface area contributed by atoms with Gasteiger partial charge in [0.15, 0.2) is 9.70 Å². The monoisotopic (exact) mass is 389 g/mol. The number of pyridine rings is 1. The minimum Gasteiger partial charge on any atom is -0.497 e. The number of aromatic amines is 1. The number of nitrogens with one attached hydrogen (secondary N) is 1. The fourth-order valence-electron chi connectivity index (χ4n) is 2.65. The second kappa shape index (κ2) is 7.84. The van der Waals surface area contributed by atoms with E-state index in [9.17, 15) is 4.79 Å². The quantitative estimate of drug-likeness (QED) is 0.648. The summed E-state index contributed by atoms with van der Waals surface area (Å²) in [5, 5.41) is 0. The normalized spacial score (nSPS) is 12.0. The first-order valence-corrected chi connectivity index (χ1v) is 9.25. The van der Waals surface area contributed by atoms with Crippen molar-refractivity contribution >= 4 is 23.8 Å². The Balaban J connectivity index is 1.84. The van der Waals surface area contributed by atoms with Gasteiger partial charge in [0.05, 0.1) is 18.8 Å². The van der Waals surface area contributed by atoms with Crippen LogP contribution in [0, 0.1) is 10.9 Å². The van der Waals surface area contributed by atoms with E-state index in [0.29, 0.717) is 16.3 Å². The Morgan fingerprint density at radius 1 is 1.31 bits per heavy atom. The highest BCUT2D eigenvalue weighted by Crippen LogP contribution is 2.22. The summed E-state index contributed by atoms with van der Waals surface area (Å²) in [4.78, 5) is 16.6. The number of H-pyrrole nitrogens is 1. The van der Waals surface area contributed by atoms with Crippen molar-refractivity contribution in [3.05, 3.63) is 67.8 Å².